The van der Waals surface area contributed by atoms with Crippen molar-refractivity contribution in [3.05, 3.63) is 96.8 Å². The number of anilines is 1. The Labute approximate surface area is 215 Å². The van der Waals surface area contributed by atoms with E-state index in [1.807, 2.05) is 30.3 Å². The third-order valence-corrected chi connectivity index (χ3v) is 7.42. The number of ether oxygens (including phenoxy) is 1. The molecule has 1 aliphatic rings. The Morgan fingerprint density at radius 3 is 2.30 bits per heavy atom. The minimum Gasteiger partial charge on any atom is -0.487 e. The number of halogens is 2. The molecule has 2 N–H and O–H groups in total. The first-order chi connectivity index (χ1) is 15.9. The maximum Gasteiger partial charge on any atom is 0.260 e. The summed E-state index contributed by atoms with van der Waals surface area (Å²) in [5, 5.41) is 6.34. The predicted octanol–water partition coefficient (Wildman–Crippen LogP) is 7.26. The van der Waals surface area contributed by atoms with Crippen molar-refractivity contribution in [2.45, 2.75) is 32.4 Å². The van der Waals surface area contributed by atoms with Crippen LogP contribution in [0.3, 0.4) is 0 Å². The summed E-state index contributed by atoms with van der Waals surface area (Å²) < 4.78 is 7.68. The van der Waals surface area contributed by atoms with Crippen LogP contribution < -0.4 is 15.4 Å². The molecule has 4 rings (SSSR count). The lowest BCUT2D eigenvalue weighted by Crippen LogP contribution is -2.30. The average molecular weight is 588 g/mol. The lowest BCUT2D eigenvalue weighted by molar-refractivity contribution is -0.116. The lowest BCUT2D eigenvalue weighted by atomic mass is 10.1. The van der Waals surface area contributed by atoms with Crippen molar-refractivity contribution in [1.82, 2.24) is 5.32 Å². The molecular formula is C26H24Br2N2O2S. The highest BCUT2D eigenvalue weighted by Gasteiger charge is 2.27. The van der Waals surface area contributed by atoms with Gasteiger partial charge in [-0.25, -0.2) is 0 Å². The number of carbonyl (C=O) groups excluding carboxylic acids is 1. The molecule has 3 aromatic rings. The fraction of sp³-hybridized carbons (Fsp3) is 0.192. The number of aryl methyl sites for hydroxylation is 2. The molecule has 1 saturated heterocycles. The number of carbonyl (C=O) groups is 1. The molecule has 170 valence electrons. The zero-order valence-corrected chi connectivity index (χ0v) is 22.3. The summed E-state index contributed by atoms with van der Waals surface area (Å²) in [7, 11) is 0. The third-order valence-electron chi connectivity index (χ3n) is 5.21. The molecule has 3 aromatic carbocycles. The van der Waals surface area contributed by atoms with Gasteiger partial charge in [0.05, 0.1) is 13.9 Å². The van der Waals surface area contributed by atoms with E-state index in [1.165, 1.54) is 22.9 Å². The molecule has 0 aromatic heterocycles. The van der Waals surface area contributed by atoms with E-state index in [2.05, 4.69) is 92.7 Å². The lowest BCUT2D eigenvalue weighted by Gasteiger charge is -2.13. The Morgan fingerprint density at radius 1 is 1.03 bits per heavy atom. The molecule has 1 heterocycles. The molecule has 0 spiro atoms. The van der Waals surface area contributed by atoms with Crippen LogP contribution in [-0.4, -0.2) is 11.4 Å². The molecular weight excluding hydrogens is 564 g/mol. The normalized spacial score (nSPS) is 16.7. The van der Waals surface area contributed by atoms with E-state index in [0.29, 0.717) is 11.5 Å². The smallest absolute Gasteiger partial charge is 0.260 e. The first-order valence-corrected chi connectivity index (χ1v) is 13.1. The van der Waals surface area contributed by atoms with Crippen molar-refractivity contribution in [2.24, 2.45) is 0 Å². The summed E-state index contributed by atoms with van der Waals surface area (Å²) >= 11 is 8.69. The van der Waals surface area contributed by atoms with Crippen molar-refractivity contribution < 1.29 is 9.53 Å². The maximum absolute atomic E-state index is 12.5. The molecule has 0 aliphatic carbocycles. The predicted molar refractivity (Wildman–Crippen MR) is 144 cm³/mol. The van der Waals surface area contributed by atoms with E-state index in [0.717, 1.165) is 37.9 Å². The molecule has 1 amide bonds. The maximum atomic E-state index is 12.5. The molecule has 7 heteroatoms. The van der Waals surface area contributed by atoms with Gasteiger partial charge in [-0.05, 0) is 92.2 Å². The van der Waals surface area contributed by atoms with Crippen LogP contribution in [0.2, 0.25) is 0 Å². The second kappa shape index (κ2) is 10.8. The number of nitrogens with one attached hydrogen (secondary N) is 2. The summed E-state index contributed by atoms with van der Waals surface area (Å²) in [5.74, 6) is 0.644. The first-order valence-electron chi connectivity index (χ1n) is 10.6. The van der Waals surface area contributed by atoms with E-state index in [1.54, 1.807) is 0 Å². The number of hydrogen-bond donors (Lipinski definition) is 2. The molecule has 0 unspecified atom stereocenters. The van der Waals surface area contributed by atoms with Gasteiger partial charge in [0.2, 0.25) is 0 Å². The van der Waals surface area contributed by atoms with Gasteiger partial charge in [0.1, 0.15) is 12.4 Å². The van der Waals surface area contributed by atoms with Gasteiger partial charge in [-0.2, -0.15) is 0 Å². The molecule has 4 nitrogen and oxygen atoms in total. The van der Waals surface area contributed by atoms with Crippen molar-refractivity contribution >= 4 is 61.3 Å². The molecule has 0 radical (unpaired) electrons. The zero-order valence-electron chi connectivity index (χ0n) is 18.3. The summed E-state index contributed by atoms with van der Waals surface area (Å²) in [6.07, 6.45) is 2.89. The summed E-state index contributed by atoms with van der Waals surface area (Å²) in [6, 6.07) is 20.5. The average Bonchev–Trinajstić information content (AvgIpc) is 3.13. The number of benzene rings is 3. The van der Waals surface area contributed by atoms with Crippen LogP contribution in [0.25, 0.3) is 6.08 Å². The molecule has 1 aliphatic heterocycles. The highest BCUT2D eigenvalue weighted by Crippen LogP contribution is 2.37. The van der Waals surface area contributed by atoms with Crippen molar-refractivity contribution in [2.75, 3.05) is 5.32 Å². The summed E-state index contributed by atoms with van der Waals surface area (Å²) in [4.78, 5) is 13.2. The number of thioether (sulfide) groups is 1. The van der Waals surface area contributed by atoms with Gasteiger partial charge >= 0.3 is 0 Å². The van der Waals surface area contributed by atoms with Crippen molar-refractivity contribution in [1.29, 1.82) is 0 Å². The van der Waals surface area contributed by atoms with Crippen LogP contribution in [0.15, 0.2) is 74.5 Å². The van der Waals surface area contributed by atoms with Gasteiger partial charge in [-0.3, -0.25) is 4.79 Å². The van der Waals surface area contributed by atoms with E-state index in [-0.39, 0.29) is 11.4 Å². The van der Waals surface area contributed by atoms with Gasteiger partial charge in [0.15, 0.2) is 5.50 Å². The Morgan fingerprint density at radius 2 is 1.67 bits per heavy atom. The van der Waals surface area contributed by atoms with Gasteiger partial charge in [0, 0.05) is 5.69 Å². The first kappa shape index (κ1) is 23.9. The fourth-order valence-electron chi connectivity index (χ4n) is 3.35. The van der Waals surface area contributed by atoms with E-state index in [9.17, 15) is 4.79 Å². The second-order valence-electron chi connectivity index (χ2n) is 7.76. The Hall–Kier alpha value is -2.22. The molecule has 0 saturated carbocycles. The number of hydrogen-bond acceptors (Lipinski definition) is 4. The van der Waals surface area contributed by atoms with E-state index >= 15 is 0 Å². The molecule has 1 atom stereocenters. The Bertz CT molecular complexity index is 1150. The largest absolute Gasteiger partial charge is 0.487 e. The van der Waals surface area contributed by atoms with Gasteiger partial charge in [-0.1, -0.05) is 60.6 Å². The number of amides is 1. The van der Waals surface area contributed by atoms with Crippen molar-refractivity contribution in [3.8, 4) is 5.75 Å². The quantitative estimate of drug-likeness (QED) is 0.286. The van der Waals surface area contributed by atoms with Crippen LogP contribution in [0, 0.1) is 6.92 Å². The summed E-state index contributed by atoms with van der Waals surface area (Å²) in [5.41, 5.74) is 5.28. The fourth-order valence-corrected chi connectivity index (χ4v) is 5.78. The monoisotopic (exact) mass is 586 g/mol. The van der Waals surface area contributed by atoms with E-state index < -0.39 is 0 Å². The second-order valence-corrected chi connectivity index (χ2v) is 10.6. The zero-order chi connectivity index (χ0) is 23.4. The van der Waals surface area contributed by atoms with Crippen LogP contribution >= 0.6 is 43.6 Å². The van der Waals surface area contributed by atoms with E-state index in [4.69, 9.17) is 4.74 Å². The van der Waals surface area contributed by atoms with Crippen LogP contribution in [0.1, 0.15) is 29.2 Å². The Balaban J connectivity index is 1.43. The van der Waals surface area contributed by atoms with Crippen LogP contribution in [0.5, 0.6) is 5.75 Å². The Kier molecular flexibility index (Phi) is 7.83. The molecule has 0 bridgehead atoms. The third kappa shape index (κ3) is 6.22. The number of rotatable bonds is 7. The molecule has 33 heavy (non-hydrogen) atoms. The van der Waals surface area contributed by atoms with Crippen LogP contribution in [0.4, 0.5) is 5.69 Å². The molecule has 1 fully saturated rings. The highest BCUT2D eigenvalue weighted by molar-refractivity contribution is 9.11. The van der Waals surface area contributed by atoms with Gasteiger partial charge in [-0.15, -0.1) is 0 Å². The summed E-state index contributed by atoms with van der Waals surface area (Å²) in [6.45, 7) is 4.67. The van der Waals surface area contributed by atoms with Gasteiger partial charge < -0.3 is 15.4 Å². The van der Waals surface area contributed by atoms with Crippen LogP contribution in [-0.2, 0) is 17.8 Å². The topological polar surface area (TPSA) is 50.4 Å². The van der Waals surface area contributed by atoms with Crippen molar-refractivity contribution in [3.63, 3.8) is 0 Å². The standard InChI is InChI=1S/C26H24Br2N2O2S/c1-3-17-8-10-20(11-9-17)29-26-30-25(31)23(33-26)14-19-12-21(27)24(22(28)13-19)32-15-18-6-4-16(2)5-7-18/h4-14,26,29H,3,15H2,1-2H3,(H,30,31)/b23-14-/t26-/m1/s1. The minimum atomic E-state index is -0.208. The minimum absolute atomic E-state index is 0.0883. The SMILES string of the molecule is CCc1ccc(N[C@@H]2NC(=O)/C(=C/c3cc(Br)c(OCc4ccc(C)cc4)c(Br)c3)S2)cc1. The van der Waals surface area contributed by atoms with Gasteiger partial charge in [0.25, 0.3) is 5.91 Å². The highest BCUT2D eigenvalue weighted by atomic mass is 79.9.